The molecule has 5 rings (SSSR count). The highest BCUT2D eigenvalue weighted by molar-refractivity contribution is 7.90. The third-order valence-corrected chi connectivity index (χ3v) is 8.30. The molecule has 1 aromatic heterocycles. The Morgan fingerprint density at radius 1 is 1.05 bits per heavy atom. The molecule has 2 aliphatic heterocycles. The molecule has 1 saturated heterocycles. The Labute approximate surface area is 219 Å². The molecule has 1 aliphatic carbocycles. The van der Waals surface area contributed by atoms with Crippen LogP contribution in [0.1, 0.15) is 77.5 Å². The maximum atomic E-state index is 13.0. The number of sulfone groups is 1. The number of carbonyl (C=O) groups excluding carboxylic acids is 1. The monoisotopic (exact) mass is 524 g/mol. The molecule has 1 amide bonds. The van der Waals surface area contributed by atoms with Crippen LogP contribution in [0.5, 0.6) is 0 Å². The molecule has 9 heteroatoms. The molecular weight excluding hydrogens is 488 g/mol. The van der Waals surface area contributed by atoms with Crippen LogP contribution in [0, 0.1) is 5.92 Å². The fraction of sp³-hybridized carbons (Fsp3) is 0.536. The lowest BCUT2D eigenvalue weighted by molar-refractivity contribution is -0.161. The van der Waals surface area contributed by atoms with E-state index in [9.17, 15) is 13.2 Å². The predicted molar refractivity (Wildman–Crippen MR) is 146 cm³/mol. The highest BCUT2D eigenvalue weighted by atomic mass is 32.2. The third kappa shape index (κ3) is 5.72. The number of aliphatic imine (C=N–C) groups is 1. The van der Waals surface area contributed by atoms with Crippen molar-refractivity contribution in [2.45, 2.75) is 88.7 Å². The molecule has 2 N–H and O–H groups in total. The van der Waals surface area contributed by atoms with Gasteiger partial charge in [0.25, 0.3) is 0 Å². The van der Waals surface area contributed by atoms with Gasteiger partial charge in [-0.3, -0.25) is 9.79 Å². The number of hydrogen-bond donors (Lipinski definition) is 2. The van der Waals surface area contributed by atoms with Crippen molar-refractivity contribution in [1.29, 1.82) is 0 Å². The van der Waals surface area contributed by atoms with E-state index in [1.54, 1.807) is 12.1 Å². The van der Waals surface area contributed by atoms with E-state index in [4.69, 9.17) is 4.74 Å². The molecular formula is C28H36N4O4S. The standard InChI is InChI=1S/C28H36N4O4S/c1-16-11-21-25(29-16)22(13-24(31-21)32-26(33)17-7-8-17)30-20-10-9-18(12-23(20)37(6,34)35)19-14-27(2,3)36-28(4,5)15-19/h9-10,12-13,17,19H,7-8,11,14-15H2,1-6H3,(H2,30,31,32,33). The summed E-state index contributed by atoms with van der Waals surface area (Å²) < 4.78 is 32.1. The second-order valence-corrected chi connectivity index (χ2v) is 14.0. The Morgan fingerprint density at radius 2 is 1.73 bits per heavy atom. The first-order valence-corrected chi connectivity index (χ1v) is 14.8. The van der Waals surface area contributed by atoms with Gasteiger partial charge >= 0.3 is 0 Å². The van der Waals surface area contributed by atoms with E-state index < -0.39 is 9.84 Å². The third-order valence-electron chi connectivity index (χ3n) is 7.16. The Hall–Kier alpha value is -2.78. The fourth-order valence-corrected chi connectivity index (χ4v) is 6.59. The van der Waals surface area contributed by atoms with Crippen molar-refractivity contribution in [3.63, 3.8) is 0 Å². The van der Waals surface area contributed by atoms with Gasteiger partial charge in [-0.2, -0.15) is 0 Å². The lowest BCUT2D eigenvalue weighted by Gasteiger charge is -2.45. The van der Waals surface area contributed by atoms with Gasteiger partial charge in [0.2, 0.25) is 5.91 Å². The largest absolute Gasteiger partial charge is 0.370 e. The number of rotatable bonds is 6. The Kier molecular flexibility index (Phi) is 6.22. The predicted octanol–water partition coefficient (Wildman–Crippen LogP) is 5.68. The first kappa shape index (κ1) is 25.9. The van der Waals surface area contributed by atoms with Crippen molar-refractivity contribution < 1.29 is 17.9 Å². The number of carbonyl (C=O) groups is 1. The number of hydrogen-bond acceptors (Lipinski definition) is 7. The van der Waals surface area contributed by atoms with Crippen molar-refractivity contribution >= 4 is 44.3 Å². The van der Waals surface area contributed by atoms with Gasteiger partial charge in [0.1, 0.15) is 11.5 Å². The summed E-state index contributed by atoms with van der Waals surface area (Å²) in [4.78, 5) is 21.9. The zero-order valence-electron chi connectivity index (χ0n) is 22.4. The Bertz CT molecular complexity index is 1390. The quantitative estimate of drug-likeness (QED) is 0.503. The van der Waals surface area contributed by atoms with Crippen molar-refractivity contribution in [2.75, 3.05) is 16.9 Å². The summed E-state index contributed by atoms with van der Waals surface area (Å²) in [5.41, 5.74) is 3.84. The number of pyridine rings is 1. The summed E-state index contributed by atoms with van der Waals surface area (Å²) in [5, 5.41) is 6.23. The number of benzene rings is 1. The van der Waals surface area contributed by atoms with Gasteiger partial charge in [-0.1, -0.05) is 6.07 Å². The lowest BCUT2D eigenvalue weighted by Crippen LogP contribution is -2.44. The smallest absolute Gasteiger partial charge is 0.228 e. The van der Waals surface area contributed by atoms with Crippen LogP contribution in [0.3, 0.4) is 0 Å². The van der Waals surface area contributed by atoms with E-state index in [2.05, 4.69) is 48.3 Å². The molecule has 8 nitrogen and oxygen atoms in total. The van der Waals surface area contributed by atoms with Crippen molar-refractivity contribution in [1.82, 2.24) is 4.98 Å². The average Bonchev–Trinajstić information content (AvgIpc) is 3.53. The van der Waals surface area contributed by atoms with Gasteiger partial charge in [0.15, 0.2) is 9.84 Å². The van der Waals surface area contributed by atoms with E-state index in [1.165, 1.54) is 6.26 Å². The van der Waals surface area contributed by atoms with E-state index >= 15 is 0 Å². The van der Waals surface area contributed by atoms with Crippen molar-refractivity contribution in [2.24, 2.45) is 10.9 Å². The number of nitrogens with zero attached hydrogens (tertiary/aromatic N) is 2. The molecule has 2 aromatic rings. The molecule has 0 spiro atoms. The second-order valence-electron chi connectivity index (χ2n) is 12.0. The minimum atomic E-state index is -3.54. The zero-order chi connectivity index (χ0) is 26.8. The average molecular weight is 525 g/mol. The van der Waals surface area contributed by atoms with Crippen LogP contribution < -0.4 is 10.6 Å². The number of ether oxygens (including phenoxy) is 1. The van der Waals surface area contributed by atoms with E-state index in [-0.39, 0.29) is 33.8 Å². The molecule has 0 atom stereocenters. The van der Waals surface area contributed by atoms with Gasteiger partial charge in [-0.25, -0.2) is 13.4 Å². The molecule has 198 valence electrons. The summed E-state index contributed by atoms with van der Waals surface area (Å²) in [6, 6.07) is 7.38. The first-order chi connectivity index (χ1) is 17.2. The molecule has 3 heterocycles. The molecule has 1 aromatic carbocycles. The van der Waals surface area contributed by atoms with Crippen LogP contribution in [0.15, 0.2) is 34.2 Å². The van der Waals surface area contributed by atoms with Crippen molar-refractivity contribution in [3.05, 3.63) is 35.5 Å². The molecule has 0 unspecified atom stereocenters. The highest BCUT2D eigenvalue weighted by Crippen LogP contribution is 2.45. The maximum Gasteiger partial charge on any atom is 0.228 e. The van der Waals surface area contributed by atoms with Crippen LogP contribution in [0.25, 0.3) is 0 Å². The molecule has 37 heavy (non-hydrogen) atoms. The lowest BCUT2D eigenvalue weighted by atomic mass is 9.77. The molecule has 0 radical (unpaired) electrons. The fourth-order valence-electron chi connectivity index (χ4n) is 5.72. The normalized spacial score (nSPS) is 20.8. The van der Waals surface area contributed by atoms with E-state index in [0.29, 0.717) is 29.3 Å². The zero-order valence-corrected chi connectivity index (χ0v) is 23.3. The van der Waals surface area contributed by atoms with E-state index in [0.717, 1.165) is 42.7 Å². The van der Waals surface area contributed by atoms with Crippen molar-refractivity contribution in [3.8, 4) is 0 Å². The highest BCUT2D eigenvalue weighted by Gasteiger charge is 2.40. The number of anilines is 3. The van der Waals surface area contributed by atoms with Crippen LogP contribution in [-0.4, -0.2) is 42.5 Å². The minimum absolute atomic E-state index is 0.0301. The number of nitrogens with one attached hydrogen (secondary N) is 2. The van der Waals surface area contributed by atoms with Crippen LogP contribution >= 0.6 is 0 Å². The van der Waals surface area contributed by atoms with Crippen LogP contribution in [-0.2, 0) is 25.8 Å². The summed E-state index contributed by atoms with van der Waals surface area (Å²) >= 11 is 0. The SMILES string of the molecule is CC1=Nc2c(Nc3ccc(C4CC(C)(C)OC(C)(C)C4)cc3S(C)(=O)=O)cc(NC(=O)C3CC3)nc2C1. The molecule has 0 bridgehead atoms. The molecule has 3 aliphatic rings. The first-order valence-electron chi connectivity index (χ1n) is 12.9. The van der Waals surface area contributed by atoms with Gasteiger partial charge < -0.3 is 15.4 Å². The summed E-state index contributed by atoms with van der Waals surface area (Å²) in [7, 11) is -3.54. The van der Waals surface area contributed by atoms with Crippen LogP contribution in [0.4, 0.5) is 22.9 Å². The number of aromatic nitrogens is 1. The van der Waals surface area contributed by atoms with Gasteiger partial charge in [0.05, 0.1) is 33.2 Å². The van der Waals surface area contributed by atoms with E-state index in [1.807, 2.05) is 19.1 Å². The maximum absolute atomic E-state index is 13.0. The Balaban J connectivity index is 1.51. The molecule has 1 saturated carbocycles. The number of amides is 1. The summed E-state index contributed by atoms with van der Waals surface area (Å²) in [6.45, 7) is 10.3. The summed E-state index contributed by atoms with van der Waals surface area (Å²) in [5.74, 6) is 0.647. The van der Waals surface area contributed by atoms with Gasteiger partial charge in [-0.05, 0) is 83.9 Å². The minimum Gasteiger partial charge on any atom is -0.370 e. The van der Waals surface area contributed by atoms with Gasteiger partial charge in [0, 0.05) is 30.4 Å². The van der Waals surface area contributed by atoms with Gasteiger partial charge in [-0.15, -0.1) is 0 Å². The second kappa shape index (κ2) is 8.91. The molecule has 2 fully saturated rings. The number of fused-ring (bicyclic) bond motifs is 1. The summed E-state index contributed by atoms with van der Waals surface area (Å²) in [6.07, 6.45) is 5.23. The Morgan fingerprint density at radius 3 is 2.35 bits per heavy atom. The van der Waals surface area contributed by atoms with Crippen LogP contribution in [0.2, 0.25) is 0 Å². The topological polar surface area (TPSA) is 110 Å².